The molecule has 1 aromatic rings. The number of nitrogens with one attached hydrogen (secondary N) is 1. The Labute approximate surface area is 114 Å². The summed E-state index contributed by atoms with van der Waals surface area (Å²) in [4.78, 5) is 0. The quantitative estimate of drug-likeness (QED) is 0.882. The van der Waals surface area contributed by atoms with Crippen molar-refractivity contribution in [3.05, 3.63) is 22.6 Å². The van der Waals surface area contributed by atoms with E-state index in [2.05, 4.69) is 21.2 Å². The predicted molar refractivity (Wildman–Crippen MR) is 69.7 cm³/mol. The van der Waals surface area contributed by atoms with Crippen LogP contribution in [0.4, 0.5) is 8.78 Å². The summed E-state index contributed by atoms with van der Waals surface area (Å²) >= 11 is 3.26. The summed E-state index contributed by atoms with van der Waals surface area (Å²) in [7, 11) is 1.84. The van der Waals surface area contributed by atoms with Crippen LogP contribution in [0.15, 0.2) is 21.2 Å². The second-order valence-corrected chi connectivity index (χ2v) is 5.82. The zero-order chi connectivity index (χ0) is 13.2. The third-order valence-corrected chi connectivity index (χ3v) is 4.02. The lowest BCUT2D eigenvalue weighted by molar-refractivity contribution is -0.0550. The monoisotopic (exact) mass is 321 g/mol. The van der Waals surface area contributed by atoms with Crippen molar-refractivity contribution in [1.82, 2.24) is 5.32 Å². The minimum Gasteiger partial charge on any atom is -0.453 e. The lowest BCUT2D eigenvalue weighted by Crippen LogP contribution is -2.29. The molecule has 0 radical (unpaired) electrons. The maximum Gasteiger partial charge on any atom is 0.248 e. The fourth-order valence-electron chi connectivity index (χ4n) is 2.70. The van der Waals surface area contributed by atoms with Gasteiger partial charge in [-0.05, 0) is 60.3 Å². The van der Waals surface area contributed by atoms with E-state index >= 15 is 0 Å². The highest BCUT2D eigenvalue weighted by molar-refractivity contribution is 9.10. The van der Waals surface area contributed by atoms with E-state index in [4.69, 9.17) is 4.42 Å². The van der Waals surface area contributed by atoms with Crippen molar-refractivity contribution < 1.29 is 13.2 Å². The lowest BCUT2D eigenvalue weighted by atomic mass is 9.82. The molecule has 1 aliphatic rings. The Morgan fingerprint density at radius 3 is 2.89 bits per heavy atom. The van der Waals surface area contributed by atoms with Gasteiger partial charge in [-0.15, -0.1) is 0 Å². The summed E-state index contributed by atoms with van der Waals surface area (Å²) in [6.07, 6.45) is 2.25. The molecule has 0 aromatic carbocycles. The van der Waals surface area contributed by atoms with E-state index in [1.54, 1.807) is 0 Å². The van der Waals surface area contributed by atoms with Gasteiger partial charge >= 0.3 is 0 Å². The lowest BCUT2D eigenvalue weighted by Gasteiger charge is -2.30. The Hall–Kier alpha value is -0.420. The molecule has 5 heteroatoms. The Kier molecular flexibility index (Phi) is 4.43. The molecule has 1 aromatic heterocycles. The van der Waals surface area contributed by atoms with Crippen molar-refractivity contribution in [2.45, 2.75) is 44.1 Å². The van der Waals surface area contributed by atoms with Gasteiger partial charge in [0.1, 0.15) is 5.76 Å². The zero-order valence-electron chi connectivity index (χ0n) is 10.4. The predicted octanol–water partition coefficient (Wildman–Crippen LogP) is 4.52. The molecule has 0 saturated heterocycles. The Bertz CT molecular complexity index is 394. The summed E-state index contributed by atoms with van der Waals surface area (Å²) in [5.74, 6) is -1.61. The first-order valence-electron chi connectivity index (χ1n) is 6.30. The van der Waals surface area contributed by atoms with Crippen molar-refractivity contribution in [3.8, 4) is 0 Å². The summed E-state index contributed by atoms with van der Waals surface area (Å²) in [5.41, 5.74) is 0. The van der Waals surface area contributed by atoms with Crippen LogP contribution in [0.25, 0.3) is 0 Å². The number of hydrogen-bond donors (Lipinski definition) is 1. The molecule has 0 bridgehead atoms. The topological polar surface area (TPSA) is 25.2 Å². The highest BCUT2D eigenvalue weighted by Gasteiger charge is 2.37. The molecule has 1 fully saturated rings. The molecule has 0 spiro atoms. The Balaban J connectivity index is 1.98. The van der Waals surface area contributed by atoms with Crippen LogP contribution in [-0.2, 0) is 0 Å². The van der Waals surface area contributed by atoms with Gasteiger partial charge < -0.3 is 9.73 Å². The van der Waals surface area contributed by atoms with E-state index in [1.165, 1.54) is 0 Å². The van der Waals surface area contributed by atoms with Crippen LogP contribution in [0.3, 0.4) is 0 Å². The average Bonchev–Trinajstić information content (AvgIpc) is 2.71. The fourth-order valence-corrected chi connectivity index (χ4v) is 3.02. The van der Waals surface area contributed by atoms with Gasteiger partial charge in [0, 0.05) is 12.8 Å². The third-order valence-electron chi connectivity index (χ3n) is 3.60. The van der Waals surface area contributed by atoms with Crippen LogP contribution in [-0.4, -0.2) is 13.0 Å². The standard InChI is InChI=1S/C13H18BrF2NO/c1-17-10(11-4-5-12(14)18-11)7-9-3-2-6-13(15,16)8-9/h4-5,9-10,17H,2-3,6-8H2,1H3. The van der Waals surface area contributed by atoms with E-state index in [0.29, 0.717) is 17.5 Å². The van der Waals surface area contributed by atoms with Gasteiger partial charge in [0.25, 0.3) is 0 Å². The highest BCUT2D eigenvalue weighted by Crippen LogP contribution is 2.40. The third kappa shape index (κ3) is 3.54. The molecule has 102 valence electrons. The van der Waals surface area contributed by atoms with E-state index in [1.807, 2.05) is 19.2 Å². The van der Waals surface area contributed by atoms with Gasteiger partial charge in [0.2, 0.25) is 5.92 Å². The van der Waals surface area contributed by atoms with Crippen LogP contribution in [0, 0.1) is 5.92 Å². The number of hydrogen-bond acceptors (Lipinski definition) is 2. The number of rotatable bonds is 4. The van der Waals surface area contributed by atoms with E-state index in [9.17, 15) is 8.78 Å². The SMILES string of the molecule is CNC(CC1CCCC(F)(F)C1)c1ccc(Br)o1. The van der Waals surface area contributed by atoms with Crippen molar-refractivity contribution in [2.24, 2.45) is 5.92 Å². The largest absolute Gasteiger partial charge is 0.453 e. The van der Waals surface area contributed by atoms with Crippen LogP contribution in [0.1, 0.15) is 43.9 Å². The molecule has 1 heterocycles. The van der Waals surface area contributed by atoms with Crippen molar-refractivity contribution in [1.29, 1.82) is 0 Å². The molecule has 1 N–H and O–H groups in total. The van der Waals surface area contributed by atoms with Gasteiger partial charge in [0.15, 0.2) is 4.67 Å². The molecule has 1 aliphatic carbocycles. The molecule has 2 atom stereocenters. The van der Waals surface area contributed by atoms with Crippen LogP contribution in [0.2, 0.25) is 0 Å². The minimum absolute atomic E-state index is 0.00700. The van der Waals surface area contributed by atoms with Crippen molar-refractivity contribution >= 4 is 15.9 Å². The molecular formula is C13H18BrF2NO. The van der Waals surface area contributed by atoms with Gasteiger partial charge in [-0.2, -0.15) is 0 Å². The van der Waals surface area contributed by atoms with E-state index in [-0.39, 0.29) is 24.8 Å². The summed E-state index contributed by atoms with van der Waals surface area (Å²) in [5, 5.41) is 3.15. The van der Waals surface area contributed by atoms with Gasteiger partial charge in [-0.25, -0.2) is 8.78 Å². The van der Waals surface area contributed by atoms with E-state index in [0.717, 1.165) is 12.2 Å². The molecule has 2 rings (SSSR count). The van der Waals surface area contributed by atoms with E-state index < -0.39 is 5.92 Å². The van der Waals surface area contributed by atoms with Crippen LogP contribution in [0.5, 0.6) is 0 Å². The van der Waals surface area contributed by atoms with Gasteiger partial charge in [-0.3, -0.25) is 0 Å². The first kappa shape index (κ1) is 14.0. The van der Waals surface area contributed by atoms with Crippen molar-refractivity contribution in [3.63, 3.8) is 0 Å². The summed E-state index contributed by atoms with van der Waals surface area (Å²) in [6, 6.07) is 3.72. The van der Waals surface area contributed by atoms with Crippen LogP contribution >= 0.6 is 15.9 Å². The summed E-state index contributed by atoms with van der Waals surface area (Å²) in [6.45, 7) is 0. The number of alkyl halides is 2. The fraction of sp³-hybridized carbons (Fsp3) is 0.692. The summed E-state index contributed by atoms with van der Waals surface area (Å²) < 4.78 is 32.9. The molecule has 18 heavy (non-hydrogen) atoms. The molecule has 0 amide bonds. The maximum absolute atomic E-state index is 13.4. The van der Waals surface area contributed by atoms with Gasteiger partial charge in [0.05, 0.1) is 6.04 Å². The zero-order valence-corrected chi connectivity index (χ0v) is 12.0. The first-order valence-corrected chi connectivity index (χ1v) is 7.10. The molecular weight excluding hydrogens is 304 g/mol. The van der Waals surface area contributed by atoms with Gasteiger partial charge in [-0.1, -0.05) is 0 Å². The second kappa shape index (κ2) is 5.70. The minimum atomic E-state index is -2.48. The molecule has 2 nitrogen and oxygen atoms in total. The number of furan rings is 1. The smallest absolute Gasteiger partial charge is 0.248 e. The molecule has 2 unspecified atom stereocenters. The molecule has 0 aliphatic heterocycles. The second-order valence-electron chi connectivity index (χ2n) is 5.04. The maximum atomic E-state index is 13.4. The number of halogens is 3. The Morgan fingerprint density at radius 2 is 2.33 bits per heavy atom. The molecule has 1 saturated carbocycles. The average molecular weight is 322 g/mol. The highest BCUT2D eigenvalue weighted by atomic mass is 79.9. The first-order chi connectivity index (χ1) is 8.50. The normalized spacial score (nSPS) is 25.0. The Morgan fingerprint density at radius 1 is 1.56 bits per heavy atom. The van der Waals surface area contributed by atoms with Crippen molar-refractivity contribution in [2.75, 3.05) is 7.05 Å². The van der Waals surface area contributed by atoms with Crippen LogP contribution < -0.4 is 5.32 Å².